The fourth-order valence-corrected chi connectivity index (χ4v) is 2.65. The van der Waals surface area contributed by atoms with E-state index in [-0.39, 0.29) is 0 Å². The van der Waals surface area contributed by atoms with Crippen LogP contribution in [-0.4, -0.2) is 16.7 Å². The molecule has 3 aromatic rings. The fraction of sp³-hybridized carbons (Fsp3) is 0.235. The van der Waals surface area contributed by atoms with Crippen LogP contribution in [0.25, 0.3) is 11.0 Å². The maximum Gasteiger partial charge on any atom is 0.201 e. The zero-order valence-corrected chi connectivity index (χ0v) is 12.3. The molecule has 4 heteroatoms. The Morgan fingerprint density at radius 2 is 1.90 bits per heavy atom. The van der Waals surface area contributed by atoms with Crippen molar-refractivity contribution in [1.82, 2.24) is 9.55 Å². The molecule has 0 fully saturated rings. The van der Waals surface area contributed by atoms with E-state index in [1.54, 1.807) is 7.11 Å². The van der Waals surface area contributed by atoms with Gasteiger partial charge in [0.15, 0.2) is 0 Å². The van der Waals surface area contributed by atoms with Gasteiger partial charge >= 0.3 is 0 Å². The van der Waals surface area contributed by atoms with Gasteiger partial charge in [0.2, 0.25) is 5.95 Å². The predicted molar refractivity (Wildman–Crippen MR) is 85.6 cm³/mol. The number of ether oxygens (including phenoxy) is 1. The van der Waals surface area contributed by atoms with Crippen LogP contribution in [0.4, 0.5) is 5.95 Å². The molecule has 0 aliphatic rings. The Labute approximate surface area is 124 Å². The summed E-state index contributed by atoms with van der Waals surface area (Å²) in [7, 11) is 1.65. The first kappa shape index (κ1) is 13.5. The van der Waals surface area contributed by atoms with Crippen LogP contribution in [0.3, 0.4) is 0 Å². The van der Waals surface area contributed by atoms with Crippen molar-refractivity contribution in [2.75, 3.05) is 12.8 Å². The lowest BCUT2D eigenvalue weighted by Crippen LogP contribution is -2.06. The summed E-state index contributed by atoms with van der Waals surface area (Å²) in [5.74, 6) is 1.32. The van der Waals surface area contributed by atoms with E-state index >= 15 is 0 Å². The lowest BCUT2D eigenvalue weighted by Gasteiger charge is -2.10. The average molecular weight is 281 g/mol. The van der Waals surface area contributed by atoms with Gasteiger partial charge in [0.25, 0.3) is 0 Å². The lowest BCUT2D eigenvalue weighted by molar-refractivity contribution is 0.415. The van der Waals surface area contributed by atoms with E-state index in [0.717, 1.165) is 29.7 Å². The molecule has 1 heterocycles. The minimum Gasteiger partial charge on any atom is -0.497 e. The summed E-state index contributed by atoms with van der Waals surface area (Å²) >= 11 is 0. The summed E-state index contributed by atoms with van der Waals surface area (Å²) < 4.78 is 7.28. The van der Waals surface area contributed by atoms with Crippen LogP contribution in [-0.2, 0) is 13.0 Å². The maximum absolute atomic E-state index is 6.10. The number of fused-ring (bicyclic) bond motifs is 1. The molecule has 0 bridgehead atoms. The summed E-state index contributed by atoms with van der Waals surface area (Å²) in [5.41, 5.74) is 10.6. The van der Waals surface area contributed by atoms with Gasteiger partial charge in [0, 0.05) is 6.07 Å². The van der Waals surface area contributed by atoms with Gasteiger partial charge < -0.3 is 15.0 Å². The van der Waals surface area contributed by atoms with Gasteiger partial charge in [-0.2, -0.15) is 0 Å². The molecule has 0 aliphatic carbocycles. The predicted octanol–water partition coefficient (Wildman–Crippen LogP) is 3.24. The van der Waals surface area contributed by atoms with Crippen molar-refractivity contribution in [3.63, 3.8) is 0 Å². The number of nitrogen functional groups attached to an aromatic ring is 1. The van der Waals surface area contributed by atoms with Gasteiger partial charge in [-0.15, -0.1) is 0 Å². The second kappa shape index (κ2) is 5.48. The van der Waals surface area contributed by atoms with Gasteiger partial charge in [0.05, 0.1) is 24.7 Å². The van der Waals surface area contributed by atoms with Crippen molar-refractivity contribution in [1.29, 1.82) is 0 Å². The Kier molecular flexibility index (Phi) is 3.52. The normalized spacial score (nSPS) is 11.0. The molecule has 0 aliphatic heterocycles. The molecule has 0 atom stereocenters. The quantitative estimate of drug-likeness (QED) is 0.798. The molecule has 3 rings (SSSR count). The number of benzene rings is 2. The van der Waals surface area contributed by atoms with Crippen LogP contribution in [0, 0.1) is 0 Å². The van der Waals surface area contributed by atoms with Crippen LogP contribution in [0.15, 0.2) is 42.5 Å². The van der Waals surface area contributed by atoms with Gasteiger partial charge in [-0.25, -0.2) is 4.98 Å². The standard InChI is InChI=1S/C17H19N3O/c1-3-12-6-4-5-7-13(12)11-20-16-9-8-14(21-2)10-15(16)19-17(20)18/h4-10H,3,11H2,1-2H3,(H2,18,19). The van der Waals surface area contributed by atoms with Crippen LogP contribution in [0.5, 0.6) is 5.75 Å². The summed E-state index contributed by atoms with van der Waals surface area (Å²) in [6, 6.07) is 14.3. The largest absolute Gasteiger partial charge is 0.497 e. The van der Waals surface area contributed by atoms with Crippen molar-refractivity contribution in [2.24, 2.45) is 0 Å². The highest BCUT2D eigenvalue weighted by Gasteiger charge is 2.10. The molecular formula is C17H19N3O. The third-order valence-corrected chi connectivity index (χ3v) is 3.81. The average Bonchev–Trinajstić information content (AvgIpc) is 2.83. The molecule has 108 valence electrons. The molecular weight excluding hydrogens is 262 g/mol. The number of anilines is 1. The van der Waals surface area contributed by atoms with Crippen molar-refractivity contribution in [2.45, 2.75) is 19.9 Å². The van der Waals surface area contributed by atoms with Gasteiger partial charge in [-0.05, 0) is 29.7 Å². The monoisotopic (exact) mass is 281 g/mol. The van der Waals surface area contributed by atoms with E-state index in [0.29, 0.717) is 5.95 Å². The fourth-order valence-electron chi connectivity index (χ4n) is 2.65. The van der Waals surface area contributed by atoms with Gasteiger partial charge in [-0.1, -0.05) is 31.2 Å². The number of rotatable bonds is 4. The second-order valence-corrected chi connectivity index (χ2v) is 5.03. The third-order valence-electron chi connectivity index (χ3n) is 3.81. The number of imidazole rings is 1. The molecule has 0 radical (unpaired) electrons. The smallest absolute Gasteiger partial charge is 0.201 e. The second-order valence-electron chi connectivity index (χ2n) is 5.03. The Hall–Kier alpha value is -2.49. The maximum atomic E-state index is 6.10. The van der Waals surface area contributed by atoms with E-state index in [1.807, 2.05) is 22.8 Å². The Morgan fingerprint density at radius 3 is 2.62 bits per heavy atom. The molecule has 2 aromatic carbocycles. The van der Waals surface area contributed by atoms with Crippen molar-refractivity contribution in [3.8, 4) is 5.75 Å². The summed E-state index contributed by atoms with van der Waals surface area (Å²) in [6.07, 6.45) is 1.01. The van der Waals surface area contributed by atoms with E-state index < -0.39 is 0 Å². The highest BCUT2D eigenvalue weighted by atomic mass is 16.5. The van der Waals surface area contributed by atoms with Crippen molar-refractivity contribution in [3.05, 3.63) is 53.6 Å². The van der Waals surface area contributed by atoms with Crippen LogP contribution < -0.4 is 10.5 Å². The minimum absolute atomic E-state index is 0.532. The van der Waals surface area contributed by atoms with Crippen LogP contribution in [0.2, 0.25) is 0 Å². The number of nitrogens with two attached hydrogens (primary N) is 1. The number of aromatic nitrogens is 2. The number of nitrogens with zero attached hydrogens (tertiary/aromatic N) is 2. The molecule has 4 nitrogen and oxygen atoms in total. The van der Waals surface area contributed by atoms with E-state index in [9.17, 15) is 0 Å². The molecule has 0 saturated heterocycles. The first-order valence-electron chi connectivity index (χ1n) is 7.09. The van der Waals surface area contributed by atoms with Gasteiger partial charge in [0.1, 0.15) is 5.75 Å². The highest BCUT2D eigenvalue weighted by molar-refractivity contribution is 5.80. The molecule has 0 unspecified atom stereocenters. The zero-order valence-electron chi connectivity index (χ0n) is 12.3. The number of hydrogen-bond donors (Lipinski definition) is 1. The topological polar surface area (TPSA) is 53.1 Å². The zero-order chi connectivity index (χ0) is 14.8. The van der Waals surface area contributed by atoms with Gasteiger partial charge in [-0.3, -0.25) is 0 Å². The summed E-state index contributed by atoms with van der Waals surface area (Å²) in [6.45, 7) is 2.90. The molecule has 0 spiro atoms. The number of methoxy groups -OCH3 is 1. The van der Waals surface area contributed by atoms with Crippen molar-refractivity contribution < 1.29 is 4.74 Å². The van der Waals surface area contributed by atoms with Crippen LogP contribution in [0.1, 0.15) is 18.1 Å². The molecule has 2 N–H and O–H groups in total. The number of aryl methyl sites for hydroxylation is 1. The van der Waals surface area contributed by atoms with E-state index in [1.165, 1.54) is 11.1 Å². The van der Waals surface area contributed by atoms with E-state index in [4.69, 9.17) is 10.5 Å². The van der Waals surface area contributed by atoms with Crippen LogP contribution >= 0.6 is 0 Å². The Balaban J connectivity index is 2.06. The molecule has 1 aromatic heterocycles. The third kappa shape index (κ3) is 2.44. The molecule has 0 amide bonds. The first-order chi connectivity index (χ1) is 10.2. The van der Waals surface area contributed by atoms with Crippen molar-refractivity contribution >= 4 is 17.0 Å². The summed E-state index contributed by atoms with van der Waals surface area (Å²) in [5, 5.41) is 0. The first-order valence-corrected chi connectivity index (χ1v) is 7.09. The van der Waals surface area contributed by atoms with E-state index in [2.05, 4.69) is 36.2 Å². The highest BCUT2D eigenvalue weighted by Crippen LogP contribution is 2.24. The Bertz CT molecular complexity index is 777. The summed E-state index contributed by atoms with van der Waals surface area (Å²) in [4.78, 5) is 4.43. The SMILES string of the molecule is CCc1ccccc1Cn1c(N)nc2cc(OC)ccc21. The molecule has 21 heavy (non-hydrogen) atoms. The molecule has 0 saturated carbocycles. The lowest BCUT2D eigenvalue weighted by atomic mass is 10.1. The Morgan fingerprint density at radius 1 is 1.14 bits per heavy atom. The minimum atomic E-state index is 0.532. The number of hydrogen-bond acceptors (Lipinski definition) is 3.